The van der Waals surface area contributed by atoms with Gasteiger partial charge in [0.15, 0.2) is 0 Å². The second-order valence-corrected chi connectivity index (χ2v) is 11.5. The summed E-state index contributed by atoms with van der Waals surface area (Å²) in [4.78, 5) is 20.0. The number of benzene rings is 1. The summed E-state index contributed by atoms with van der Waals surface area (Å²) in [5, 5.41) is 18.6. The first-order chi connectivity index (χ1) is 19.4. The smallest absolute Gasteiger partial charge is 0.335 e. The third-order valence-electron chi connectivity index (χ3n) is 8.14. The molecule has 4 aromatic rings. The Morgan fingerprint density at radius 2 is 1.85 bits per heavy atom. The number of halogens is 2. The van der Waals surface area contributed by atoms with Crippen molar-refractivity contribution < 1.29 is 28.4 Å². The Labute approximate surface area is 238 Å². The highest BCUT2D eigenvalue weighted by Crippen LogP contribution is 2.52. The van der Waals surface area contributed by atoms with Gasteiger partial charge in [0.25, 0.3) is 5.89 Å². The Bertz CT molecular complexity index is 1570. The lowest BCUT2D eigenvalue weighted by atomic mass is 9.73. The molecule has 2 saturated carbocycles. The summed E-state index contributed by atoms with van der Waals surface area (Å²) in [6, 6.07) is 6.45. The van der Waals surface area contributed by atoms with Crippen LogP contribution in [0, 0.1) is 0 Å². The van der Waals surface area contributed by atoms with Gasteiger partial charge in [-0.25, -0.2) is 4.79 Å². The molecule has 10 nitrogen and oxygen atoms in total. The van der Waals surface area contributed by atoms with Gasteiger partial charge in [-0.15, -0.1) is 0 Å². The highest BCUT2D eigenvalue weighted by atomic mass is 35.5. The average Bonchev–Trinajstić information content (AvgIpc) is 3.53. The lowest BCUT2D eigenvalue weighted by Gasteiger charge is -2.50. The molecule has 8 rings (SSSR count). The predicted molar refractivity (Wildman–Crippen MR) is 142 cm³/mol. The van der Waals surface area contributed by atoms with Crippen molar-refractivity contribution >= 4 is 29.2 Å². The van der Waals surface area contributed by atoms with Crippen LogP contribution in [0.2, 0.25) is 10.0 Å². The number of carboxylic acid groups (broad SMARTS) is 1. The first kappa shape index (κ1) is 25.6. The molecule has 40 heavy (non-hydrogen) atoms. The average molecular weight is 583 g/mol. The van der Waals surface area contributed by atoms with Crippen molar-refractivity contribution in [2.45, 2.75) is 62.3 Å². The number of carboxylic acids is 1. The number of hydrogen-bond donors (Lipinski definition) is 1. The monoisotopic (exact) mass is 582 g/mol. The fourth-order valence-corrected chi connectivity index (χ4v) is 6.18. The maximum Gasteiger partial charge on any atom is 0.335 e. The molecule has 2 saturated heterocycles. The Kier molecular flexibility index (Phi) is 6.19. The molecule has 2 aliphatic carbocycles. The molecule has 0 amide bonds. The van der Waals surface area contributed by atoms with Crippen LogP contribution >= 0.6 is 23.2 Å². The molecule has 2 aliphatic heterocycles. The highest BCUT2D eigenvalue weighted by molar-refractivity contribution is 6.38. The quantitative estimate of drug-likeness (QED) is 0.248. The summed E-state index contributed by atoms with van der Waals surface area (Å²) in [6.07, 6.45) is 7.96. The largest absolute Gasteiger partial charge is 0.478 e. The molecule has 1 aromatic carbocycles. The SMILES string of the molecule is O=C(O)c1cccc(-c2noc(C34CCC(OCc5c(-c6c(Cl)cncc6Cl)noc5C5CC5)(CC3)CO4)n2)c1. The van der Waals surface area contributed by atoms with Gasteiger partial charge in [-0.2, -0.15) is 4.98 Å². The molecule has 0 spiro atoms. The number of ether oxygens (including phenoxy) is 2. The van der Waals surface area contributed by atoms with Crippen molar-refractivity contribution in [2.75, 3.05) is 6.61 Å². The van der Waals surface area contributed by atoms with Gasteiger partial charge < -0.3 is 23.6 Å². The maximum absolute atomic E-state index is 11.4. The molecule has 3 aromatic heterocycles. The third kappa shape index (κ3) is 4.39. The lowest BCUT2D eigenvalue weighted by Crippen LogP contribution is -2.54. The van der Waals surface area contributed by atoms with Crippen LogP contribution in [0.15, 0.2) is 45.7 Å². The van der Waals surface area contributed by atoms with E-state index in [1.807, 2.05) is 0 Å². The van der Waals surface area contributed by atoms with E-state index in [1.165, 1.54) is 12.1 Å². The standard InChI is InChI=1S/C28H24Cl2N4O6/c29-19-11-31-12-20(30)21(19)22-18(23(39-33-22)15-4-5-15)13-37-27-6-8-28(9-7-27,38-14-27)26-32-24(34-40-26)16-2-1-3-17(10-16)25(35)36/h1-3,10-12,15H,4-9,13-14H2,(H,35,36). The van der Waals surface area contributed by atoms with E-state index in [-0.39, 0.29) is 5.56 Å². The van der Waals surface area contributed by atoms with Crippen molar-refractivity contribution in [3.63, 3.8) is 0 Å². The summed E-state index contributed by atoms with van der Waals surface area (Å²) < 4.78 is 24.4. The Balaban J connectivity index is 1.09. The minimum atomic E-state index is -1.02. The van der Waals surface area contributed by atoms with Crippen LogP contribution in [0.1, 0.15) is 72.0 Å². The maximum atomic E-state index is 11.4. The van der Waals surface area contributed by atoms with Crippen LogP contribution in [-0.4, -0.2) is 43.6 Å². The Hall–Kier alpha value is -3.31. The molecule has 4 fully saturated rings. The molecular formula is C28H24Cl2N4O6. The molecule has 5 heterocycles. The highest BCUT2D eigenvalue weighted by Gasteiger charge is 2.54. The van der Waals surface area contributed by atoms with E-state index in [4.69, 9.17) is 41.7 Å². The number of fused-ring (bicyclic) bond motifs is 3. The zero-order valence-electron chi connectivity index (χ0n) is 21.2. The van der Waals surface area contributed by atoms with Crippen molar-refractivity contribution in [3.05, 3.63) is 69.5 Å². The Morgan fingerprint density at radius 1 is 1.07 bits per heavy atom. The van der Waals surface area contributed by atoms with Crippen LogP contribution in [0.25, 0.3) is 22.6 Å². The van der Waals surface area contributed by atoms with E-state index < -0.39 is 17.2 Å². The second kappa shape index (κ2) is 9.66. The molecule has 0 atom stereocenters. The summed E-state index contributed by atoms with van der Waals surface area (Å²) in [5.74, 6) is 0.855. The van der Waals surface area contributed by atoms with Crippen LogP contribution < -0.4 is 0 Å². The van der Waals surface area contributed by atoms with E-state index in [1.54, 1.807) is 24.5 Å². The molecule has 1 N–H and O–H groups in total. The number of rotatable bonds is 8. The zero-order chi connectivity index (χ0) is 27.5. The third-order valence-corrected chi connectivity index (χ3v) is 8.72. The van der Waals surface area contributed by atoms with Crippen LogP contribution in [0.5, 0.6) is 0 Å². The minimum absolute atomic E-state index is 0.157. The molecule has 2 bridgehead atoms. The topological polar surface area (TPSA) is 134 Å². The lowest BCUT2D eigenvalue weighted by molar-refractivity contribution is -0.250. The number of aromatic carboxylic acids is 1. The zero-order valence-corrected chi connectivity index (χ0v) is 22.7. The van der Waals surface area contributed by atoms with E-state index >= 15 is 0 Å². The van der Waals surface area contributed by atoms with Gasteiger partial charge in [-0.05, 0) is 50.7 Å². The number of nitrogens with zero attached hydrogens (tertiary/aromatic N) is 4. The van der Waals surface area contributed by atoms with Gasteiger partial charge in [0, 0.05) is 35.0 Å². The number of pyridine rings is 1. The summed E-state index contributed by atoms with van der Waals surface area (Å²) in [6.45, 7) is 0.663. The summed E-state index contributed by atoms with van der Waals surface area (Å²) in [7, 11) is 0. The van der Waals surface area contributed by atoms with Gasteiger partial charge in [0.1, 0.15) is 17.1 Å². The molecule has 206 valence electrons. The van der Waals surface area contributed by atoms with Gasteiger partial charge in [0.05, 0.1) is 34.4 Å². The predicted octanol–water partition coefficient (Wildman–Crippen LogP) is 6.42. The fraction of sp³-hybridized carbons (Fsp3) is 0.393. The van der Waals surface area contributed by atoms with Crippen molar-refractivity contribution in [3.8, 4) is 22.6 Å². The van der Waals surface area contributed by atoms with Gasteiger partial charge in [-0.1, -0.05) is 45.6 Å². The van der Waals surface area contributed by atoms with E-state index in [0.29, 0.717) is 70.6 Å². The molecular weight excluding hydrogens is 559 g/mol. The van der Waals surface area contributed by atoms with Crippen molar-refractivity contribution in [1.82, 2.24) is 20.3 Å². The molecule has 0 radical (unpaired) electrons. The molecule has 12 heteroatoms. The number of hydrogen-bond acceptors (Lipinski definition) is 9. The van der Waals surface area contributed by atoms with E-state index in [9.17, 15) is 9.90 Å². The van der Waals surface area contributed by atoms with E-state index in [2.05, 4.69) is 20.3 Å². The molecule has 0 unspecified atom stereocenters. The first-order valence-corrected chi connectivity index (χ1v) is 13.9. The van der Waals surface area contributed by atoms with Crippen LogP contribution in [-0.2, 0) is 21.7 Å². The minimum Gasteiger partial charge on any atom is -0.478 e. The van der Waals surface area contributed by atoms with Crippen molar-refractivity contribution in [1.29, 1.82) is 0 Å². The van der Waals surface area contributed by atoms with Crippen LogP contribution in [0.4, 0.5) is 0 Å². The van der Waals surface area contributed by atoms with Gasteiger partial charge in [-0.3, -0.25) is 4.98 Å². The molecule has 4 aliphatic rings. The number of carbonyl (C=O) groups is 1. The normalized spacial score (nSPS) is 23.9. The fourth-order valence-electron chi connectivity index (χ4n) is 5.63. The Morgan fingerprint density at radius 3 is 2.52 bits per heavy atom. The number of aromatic nitrogens is 4. The summed E-state index contributed by atoms with van der Waals surface area (Å²) >= 11 is 12.9. The van der Waals surface area contributed by atoms with Gasteiger partial charge in [0.2, 0.25) is 5.82 Å². The summed E-state index contributed by atoms with van der Waals surface area (Å²) in [5.41, 5.74) is 1.60. The first-order valence-electron chi connectivity index (χ1n) is 13.1. The van der Waals surface area contributed by atoms with Gasteiger partial charge >= 0.3 is 5.97 Å². The van der Waals surface area contributed by atoms with Crippen LogP contribution in [0.3, 0.4) is 0 Å². The van der Waals surface area contributed by atoms with E-state index in [0.717, 1.165) is 37.0 Å². The van der Waals surface area contributed by atoms with Crippen molar-refractivity contribution in [2.24, 2.45) is 0 Å². The second-order valence-electron chi connectivity index (χ2n) is 10.7.